The molecule has 0 radical (unpaired) electrons. The topological polar surface area (TPSA) is 50.2 Å². The third-order valence-electron chi connectivity index (χ3n) is 2.82. The Bertz CT molecular complexity index is 523. The first-order valence-corrected chi connectivity index (χ1v) is 5.94. The minimum Gasteiger partial charge on any atom is -0.481 e. The Morgan fingerprint density at radius 1 is 1.06 bits per heavy atom. The maximum Gasteiger partial charge on any atom is 0.307 e. The van der Waals surface area contributed by atoms with Crippen LogP contribution in [0.5, 0.6) is 0 Å². The smallest absolute Gasteiger partial charge is 0.307 e. The number of aryl methyl sites for hydroxylation is 2. The van der Waals surface area contributed by atoms with Crippen LogP contribution in [-0.2, 0) is 24.1 Å². The molecule has 3 heteroatoms. The molecule has 0 atom stereocenters. The Balaban J connectivity index is 2.07. The number of benzene rings is 1. The molecule has 1 heterocycles. The molecule has 0 saturated carbocycles. The quantitative estimate of drug-likeness (QED) is 0.875. The van der Waals surface area contributed by atoms with Crippen molar-refractivity contribution in [2.24, 2.45) is 0 Å². The van der Waals surface area contributed by atoms with Gasteiger partial charge in [-0.15, -0.1) is 0 Å². The van der Waals surface area contributed by atoms with Gasteiger partial charge in [0, 0.05) is 11.9 Å². The lowest BCUT2D eigenvalue weighted by Crippen LogP contribution is -2.06. The van der Waals surface area contributed by atoms with Crippen LogP contribution in [0, 0.1) is 0 Å². The molecule has 1 aromatic heterocycles. The van der Waals surface area contributed by atoms with Crippen LogP contribution in [0.2, 0.25) is 0 Å². The number of carboxylic acid groups (broad SMARTS) is 1. The van der Waals surface area contributed by atoms with Crippen LogP contribution < -0.4 is 0 Å². The van der Waals surface area contributed by atoms with Crippen molar-refractivity contribution >= 4 is 5.97 Å². The number of hydrogen-bond acceptors (Lipinski definition) is 2. The number of carboxylic acids is 1. The predicted molar refractivity (Wildman–Crippen MR) is 69.4 cm³/mol. The molecule has 18 heavy (non-hydrogen) atoms. The number of pyridine rings is 1. The zero-order valence-electron chi connectivity index (χ0n) is 10.0. The lowest BCUT2D eigenvalue weighted by Gasteiger charge is -2.06. The highest BCUT2D eigenvalue weighted by Crippen LogP contribution is 2.10. The summed E-state index contributed by atoms with van der Waals surface area (Å²) in [6.07, 6.45) is 3.40. The fraction of sp³-hybridized carbons (Fsp3) is 0.200. The number of hydrogen-bond donors (Lipinski definition) is 1. The second-order valence-corrected chi connectivity index (χ2v) is 4.17. The van der Waals surface area contributed by atoms with E-state index in [4.69, 9.17) is 5.11 Å². The minimum atomic E-state index is -0.816. The average Bonchev–Trinajstić information content (AvgIpc) is 2.38. The molecule has 0 bridgehead atoms. The molecule has 0 saturated heterocycles. The molecule has 0 aliphatic carbocycles. The van der Waals surface area contributed by atoms with Crippen molar-refractivity contribution in [2.75, 3.05) is 0 Å². The van der Waals surface area contributed by atoms with Crippen LogP contribution in [0.1, 0.15) is 16.8 Å². The predicted octanol–water partition coefficient (Wildman–Crippen LogP) is 2.49. The molecular formula is C15H15NO2. The molecule has 0 spiro atoms. The van der Waals surface area contributed by atoms with Crippen LogP contribution in [0.3, 0.4) is 0 Å². The van der Waals surface area contributed by atoms with Crippen molar-refractivity contribution in [1.82, 2.24) is 4.98 Å². The van der Waals surface area contributed by atoms with Gasteiger partial charge >= 0.3 is 5.97 Å². The van der Waals surface area contributed by atoms with Crippen molar-refractivity contribution in [3.05, 3.63) is 65.5 Å². The molecule has 1 N–H and O–H groups in total. The Labute approximate surface area is 106 Å². The van der Waals surface area contributed by atoms with Crippen molar-refractivity contribution in [3.8, 4) is 0 Å². The molecule has 1 aromatic carbocycles. The van der Waals surface area contributed by atoms with E-state index in [0.29, 0.717) is 0 Å². The summed E-state index contributed by atoms with van der Waals surface area (Å²) in [7, 11) is 0. The number of rotatable bonds is 5. The highest BCUT2D eigenvalue weighted by atomic mass is 16.4. The van der Waals surface area contributed by atoms with Crippen molar-refractivity contribution < 1.29 is 9.90 Å². The maximum atomic E-state index is 10.8. The van der Waals surface area contributed by atoms with Gasteiger partial charge in [-0.2, -0.15) is 0 Å². The number of aliphatic carboxylic acids is 1. The van der Waals surface area contributed by atoms with Gasteiger partial charge in [-0.1, -0.05) is 36.4 Å². The van der Waals surface area contributed by atoms with E-state index in [9.17, 15) is 4.79 Å². The van der Waals surface area contributed by atoms with Crippen molar-refractivity contribution in [3.63, 3.8) is 0 Å². The van der Waals surface area contributed by atoms with Gasteiger partial charge in [0.05, 0.1) is 6.42 Å². The standard InChI is InChI=1S/C15H15NO2/c17-15(18)11-13-7-4-10-16-14(13)9-8-12-5-2-1-3-6-12/h1-7,10H,8-9,11H2,(H,17,18). The van der Waals surface area contributed by atoms with E-state index in [1.165, 1.54) is 5.56 Å². The van der Waals surface area contributed by atoms with E-state index < -0.39 is 5.97 Å². The van der Waals surface area contributed by atoms with E-state index >= 15 is 0 Å². The second-order valence-electron chi connectivity index (χ2n) is 4.17. The first-order valence-electron chi connectivity index (χ1n) is 5.94. The summed E-state index contributed by atoms with van der Waals surface area (Å²) in [5, 5.41) is 8.85. The Kier molecular flexibility index (Phi) is 4.07. The maximum absolute atomic E-state index is 10.8. The molecule has 2 rings (SSSR count). The lowest BCUT2D eigenvalue weighted by molar-refractivity contribution is -0.136. The monoisotopic (exact) mass is 241 g/mol. The van der Waals surface area contributed by atoms with Crippen LogP contribution in [0.4, 0.5) is 0 Å². The van der Waals surface area contributed by atoms with E-state index in [1.807, 2.05) is 24.3 Å². The number of aromatic nitrogens is 1. The van der Waals surface area contributed by atoms with Gasteiger partial charge in [-0.05, 0) is 30.0 Å². The molecule has 0 fully saturated rings. The third kappa shape index (κ3) is 3.42. The molecule has 2 aromatic rings. The first kappa shape index (κ1) is 12.3. The molecule has 0 unspecified atom stereocenters. The Morgan fingerprint density at radius 3 is 2.56 bits per heavy atom. The molecule has 0 aliphatic heterocycles. The van der Waals surface area contributed by atoms with Crippen LogP contribution in [0.15, 0.2) is 48.7 Å². The van der Waals surface area contributed by atoms with Crippen LogP contribution in [-0.4, -0.2) is 16.1 Å². The summed E-state index contributed by atoms with van der Waals surface area (Å²) in [4.78, 5) is 15.1. The molecule has 0 aliphatic rings. The molecule has 0 amide bonds. The number of carbonyl (C=O) groups is 1. The Morgan fingerprint density at radius 2 is 1.83 bits per heavy atom. The van der Waals surface area contributed by atoms with Gasteiger partial charge in [-0.3, -0.25) is 9.78 Å². The third-order valence-corrected chi connectivity index (χ3v) is 2.82. The molecular weight excluding hydrogens is 226 g/mol. The normalized spacial score (nSPS) is 10.2. The fourth-order valence-electron chi connectivity index (χ4n) is 1.93. The van der Waals surface area contributed by atoms with Crippen molar-refractivity contribution in [1.29, 1.82) is 0 Å². The summed E-state index contributed by atoms with van der Waals surface area (Å²) < 4.78 is 0. The summed E-state index contributed by atoms with van der Waals surface area (Å²) in [6.45, 7) is 0. The largest absolute Gasteiger partial charge is 0.481 e. The molecule has 92 valence electrons. The highest BCUT2D eigenvalue weighted by Gasteiger charge is 2.07. The van der Waals surface area contributed by atoms with Gasteiger partial charge in [0.15, 0.2) is 0 Å². The van der Waals surface area contributed by atoms with Gasteiger partial charge in [-0.25, -0.2) is 0 Å². The summed E-state index contributed by atoms with van der Waals surface area (Å²) in [5.74, 6) is -0.816. The van der Waals surface area contributed by atoms with Gasteiger partial charge in [0.25, 0.3) is 0 Å². The van der Waals surface area contributed by atoms with Gasteiger partial charge in [0.1, 0.15) is 0 Å². The number of nitrogens with zero attached hydrogens (tertiary/aromatic N) is 1. The van der Waals surface area contributed by atoms with Crippen LogP contribution >= 0.6 is 0 Å². The van der Waals surface area contributed by atoms with E-state index in [-0.39, 0.29) is 6.42 Å². The van der Waals surface area contributed by atoms with Crippen LogP contribution in [0.25, 0.3) is 0 Å². The average molecular weight is 241 g/mol. The van der Waals surface area contributed by atoms with E-state index in [1.54, 1.807) is 12.3 Å². The van der Waals surface area contributed by atoms with Crippen molar-refractivity contribution in [2.45, 2.75) is 19.3 Å². The minimum absolute atomic E-state index is 0.0396. The Hall–Kier alpha value is -2.16. The molecule has 3 nitrogen and oxygen atoms in total. The second kappa shape index (κ2) is 5.96. The summed E-state index contributed by atoms with van der Waals surface area (Å²) in [6, 6.07) is 13.8. The van der Waals surface area contributed by atoms with E-state index in [2.05, 4.69) is 17.1 Å². The SMILES string of the molecule is O=C(O)Cc1cccnc1CCc1ccccc1. The zero-order chi connectivity index (χ0) is 12.8. The van der Waals surface area contributed by atoms with Gasteiger partial charge < -0.3 is 5.11 Å². The highest BCUT2D eigenvalue weighted by molar-refractivity contribution is 5.70. The van der Waals surface area contributed by atoms with Gasteiger partial charge in [0.2, 0.25) is 0 Å². The summed E-state index contributed by atoms with van der Waals surface area (Å²) >= 11 is 0. The van der Waals surface area contributed by atoms with E-state index in [0.717, 1.165) is 24.1 Å². The zero-order valence-corrected chi connectivity index (χ0v) is 10.0. The summed E-state index contributed by atoms with van der Waals surface area (Å²) in [5.41, 5.74) is 2.93. The lowest BCUT2D eigenvalue weighted by atomic mass is 10.0. The first-order chi connectivity index (χ1) is 8.75. The fourth-order valence-corrected chi connectivity index (χ4v) is 1.93.